The Labute approximate surface area is 134 Å². The Morgan fingerprint density at radius 2 is 1.82 bits per heavy atom. The molecule has 4 nitrogen and oxygen atoms in total. The van der Waals surface area contributed by atoms with Crippen molar-refractivity contribution in [3.8, 4) is 5.75 Å². The topological polar surface area (TPSA) is 47.6 Å². The minimum Gasteiger partial charge on any atom is -0.493 e. The average molecular weight is 307 g/mol. The maximum Gasteiger partial charge on any atom is 0.256 e. The zero-order chi connectivity index (χ0) is 16.9. The molecule has 4 heteroatoms. The Morgan fingerprint density at radius 3 is 2.23 bits per heavy atom. The summed E-state index contributed by atoms with van der Waals surface area (Å²) < 4.78 is 11.2. The second kappa shape index (κ2) is 7.63. The Bertz CT molecular complexity index is 496. The molecule has 1 atom stereocenters. The van der Waals surface area contributed by atoms with E-state index in [1.807, 2.05) is 32.9 Å². The second-order valence-corrected chi connectivity index (χ2v) is 6.39. The first-order valence-electron chi connectivity index (χ1n) is 7.84. The van der Waals surface area contributed by atoms with Gasteiger partial charge in [-0.25, -0.2) is 0 Å². The van der Waals surface area contributed by atoms with Gasteiger partial charge < -0.3 is 14.8 Å². The fraction of sp³-hybridized carbons (Fsp3) is 0.611. The standard InChI is InChI=1S/C18H29NO3/c1-8-18(6,21-7)17(20)19-15-9-13(4)16(14(5)10-15)22-11-12(2)3/h9-10,12H,8,11H2,1-7H3,(H,19,20). The van der Waals surface area contributed by atoms with E-state index in [4.69, 9.17) is 9.47 Å². The summed E-state index contributed by atoms with van der Waals surface area (Å²) in [5, 5.41) is 2.94. The molecule has 124 valence electrons. The molecule has 1 N–H and O–H groups in total. The smallest absolute Gasteiger partial charge is 0.256 e. The van der Waals surface area contributed by atoms with Crippen LogP contribution in [-0.2, 0) is 9.53 Å². The van der Waals surface area contributed by atoms with Gasteiger partial charge in [0.15, 0.2) is 0 Å². The molecule has 0 aliphatic rings. The largest absolute Gasteiger partial charge is 0.493 e. The van der Waals surface area contributed by atoms with Gasteiger partial charge in [-0.05, 0) is 56.4 Å². The highest BCUT2D eigenvalue weighted by atomic mass is 16.5. The van der Waals surface area contributed by atoms with Crippen molar-refractivity contribution in [1.82, 2.24) is 0 Å². The van der Waals surface area contributed by atoms with Crippen LogP contribution in [0.15, 0.2) is 12.1 Å². The molecule has 0 saturated heterocycles. The van der Waals surface area contributed by atoms with Crippen LogP contribution in [0.25, 0.3) is 0 Å². The van der Waals surface area contributed by atoms with Gasteiger partial charge in [0, 0.05) is 12.8 Å². The molecule has 1 rings (SSSR count). The second-order valence-electron chi connectivity index (χ2n) is 6.39. The molecule has 0 saturated carbocycles. The molecule has 0 aliphatic heterocycles. The van der Waals surface area contributed by atoms with Gasteiger partial charge in [-0.1, -0.05) is 20.8 Å². The van der Waals surface area contributed by atoms with Crippen LogP contribution in [0, 0.1) is 19.8 Å². The maximum absolute atomic E-state index is 12.4. The number of aryl methyl sites for hydroxylation is 2. The zero-order valence-corrected chi connectivity index (χ0v) is 14.9. The Morgan fingerprint density at radius 1 is 1.27 bits per heavy atom. The van der Waals surface area contributed by atoms with Gasteiger partial charge in [-0.3, -0.25) is 4.79 Å². The molecular formula is C18H29NO3. The number of ether oxygens (including phenoxy) is 2. The Kier molecular flexibility index (Phi) is 6.42. The number of rotatable bonds is 7. The van der Waals surface area contributed by atoms with E-state index >= 15 is 0 Å². The highest BCUT2D eigenvalue weighted by Gasteiger charge is 2.31. The third-order valence-corrected chi connectivity index (χ3v) is 3.88. The number of anilines is 1. The van der Waals surface area contributed by atoms with Crippen molar-refractivity contribution in [2.24, 2.45) is 5.92 Å². The third-order valence-electron chi connectivity index (χ3n) is 3.88. The molecule has 22 heavy (non-hydrogen) atoms. The molecule has 0 aliphatic carbocycles. The highest BCUT2D eigenvalue weighted by molar-refractivity contribution is 5.97. The molecular weight excluding hydrogens is 278 g/mol. The van der Waals surface area contributed by atoms with Crippen molar-refractivity contribution in [2.75, 3.05) is 19.0 Å². The van der Waals surface area contributed by atoms with Crippen LogP contribution < -0.4 is 10.1 Å². The highest BCUT2D eigenvalue weighted by Crippen LogP contribution is 2.28. The summed E-state index contributed by atoms with van der Waals surface area (Å²) in [6.07, 6.45) is 0.614. The van der Waals surface area contributed by atoms with Crippen LogP contribution in [0.4, 0.5) is 5.69 Å². The number of carbonyl (C=O) groups excluding carboxylic acids is 1. The van der Waals surface area contributed by atoms with Crippen molar-refractivity contribution in [1.29, 1.82) is 0 Å². The Hall–Kier alpha value is -1.55. The average Bonchev–Trinajstić information content (AvgIpc) is 2.45. The van der Waals surface area contributed by atoms with Crippen molar-refractivity contribution in [3.05, 3.63) is 23.3 Å². The molecule has 0 radical (unpaired) electrons. The van der Waals surface area contributed by atoms with E-state index in [9.17, 15) is 4.79 Å². The van der Waals surface area contributed by atoms with Crippen molar-refractivity contribution in [3.63, 3.8) is 0 Å². The van der Waals surface area contributed by atoms with Gasteiger partial charge in [-0.15, -0.1) is 0 Å². The molecule has 1 aromatic rings. The van der Waals surface area contributed by atoms with Crippen molar-refractivity contribution < 1.29 is 14.3 Å². The SMILES string of the molecule is CCC(C)(OC)C(=O)Nc1cc(C)c(OCC(C)C)c(C)c1. The van der Waals surface area contributed by atoms with E-state index < -0.39 is 5.60 Å². The quantitative estimate of drug-likeness (QED) is 0.825. The number of hydrogen-bond donors (Lipinski definition) is 1. The first-order valence-corrected chi connectivity index (χ1v) is 7.84. The van der Waals surface area contributed by atoms with Gasteiger partial charge in [0.25, 0.3) is 5.91 Å². The van der Waals surface area contributed by atoms with Crippen LogP contribution >= 0.6 is 0 Å². The maximum atomic E-state index is 12.4. The summed E-state index contributed by atoms with van der Waals surface area (Å²) in [6, 6.07) is 3.87. The lowest BCUT2D eigenvalue weighted by Crippen LogP contribution is -2.41. The number of nitrogens with one attached hydrogen (secondary N) is 1. The van der Waals surface area contributed by atoms with Gasteiger partial charge in [0.1, 0.15) is 11.4 Å². The summed E-state index contributed by atoms with van der Waals surface area (Å²) >= 11 is 0. The van der Waals surface area contributed by atoms with Crippen LogP contribution in [0.3, 0.4) is 0 Å². The minimum absolute atomic E-state index is 0.132. The number of carbonyl (C=O) groups is 1. The third kappa shape index (κ3) is 4.47. The first kappa shape index (κ1) is 18.5. The predicted octanol–water partition coefficient (Wildman–Crippen LogP) is 4.09. The molecule has 0 heterocycles. The summed E-state index contributed by atoms with van der Waals surface area (Å²) in [5.74, 6) is 1.24. The lowest BCUT2D eigenvalue weighted by Gasteiger charge is -2.25. The van der Waals surface area contributed by atoms with Crippen LogP contribution in [0.2, 0.25) is 0 Å². The van der Waals surface area contributed by atoms with E-state index in [0.717, 1.165) is 22.6 Å². The van der Waals surface area contributed by atoms with E-state index in [1.165, 1.54) is 0 Å². The molecule has 1 unspecified atom stereocenters. The lowest BCUT2D eigenvalue weighted by molar-refractivity contribution is -0.136. The lowest BCUT2D eigenvalue weighted by atomic mass is 10.0. The summed E-state index contributed by atoms with van der Waals surface area (Å²) in [5.41, 5.74) is 2.00. The Balaban J connectivity index is 2.93. The predicted molar refractivity (Wildman–Crippen MR) is 90.6 cm³/mol. The number of benzene rings is 1. The fourth-order valence-corrected chi connectivity index (χ4v) is 2.16. The minimum atomic E-state index is -0.811. The van der Waals surface area contributed by atoms with Crippen LogP contribution in [0.5, 0.6) is 5.75 Å². The fourth-order valence-electron chi connectivity index (χ4n) is 2.16. The number of amides is 1. The first-order chi connectivity index (χ1) is 10.2. The van der Waals surface area contributed by atoms with E-state index in [-0.39, 0.29) is 5.91 Å². The summed E-state index contributed by atoms with van der Waals surface area (Å²) in [4.78, 5) is 12.4. The van der Waals surface area contributed by atoms with E-state index in [0.29, 0.717) is 18.9 Å². The van der Waals surface area contributed by atoms with Crippen molar-refractivity contribution in [2.45, 2.75) is 53.6 Å². The van der Waals surface area contributed by atoms with Crippen LogP contribution in [-0.4, -0.2) is 25.2 Å². The molecule has 0 bridgehead atoms. The van der Waals surface area contributed by atoms with E-state index in [2.05, 4.69) is 19.2 Å². The van der Waals surface area contributed by atoms with Crippen molar-refractivity contribution >= 4 is 11.6 Å². The molecule has 0 fully saturated rings. The molecule has 0 spiro atoms. The van der Waals surface area contributed by atoms with Gasteiger partial charge in [0.2, 0.25) is 0 Å². The van der Waals surface area contributed by atoms with Gasteiger partial charge in [0.05, 0.1) is 6.61 Å². The monoisotopic (exact) mass is 307 g/mol. The van der Waals surface area contributed by atoms with Crippen LogP contribution in [0.1, 0.15) is 45.2 Å². The number of methoxy groups -OCH3 is 1. The molecule has 0 aromatic heterocycles. The van der Waals surface area contributed by atoms with Gasteiger partial charge >= 0.3 is 0 Å². The normalized spacial score (nSPS) is 13.8. The zero-order valence-electron chi connectivity index (χ0n) is 14.9. The number of hydrogen-bond acceptors (Lipinski definition) is 3. The summed E-state index contributed by atoms with van der Waals surface area (Å²) in [6.45, 7) is 12.6. The van der Waals surface area contributed by atoms with Gasteiger partial charge in [-0.2, -0.15) is 0 Å². The molecule has 1 amide bonds. The van der Waals surface area contributed by atoms with E-state index in [1.54, 1.807) is 14.0 Å². The summed E-state index contributed by atoms with van der Waals surface area (Å²) in [7, 11) is 1.56. The molecule has 1 aromatic carbocycles.